The van der Waals surface area contributed by atoms with E-state index in [4.69, 9.17) is 35.4 Å². The number of pyridine rings is 1. The summed E-state index contributed by atoms with van der Waals surface area (Å²) in [5.74, 6) is 0. The fourth-order valence-electron chi connectivity index (χ4n) is 2.88. The summed E-state index contributed by atoms with van der Waals surface area (Å²) in [6.07, 6.45) is 4.12. The van der Waals surface area contributed by atoms with Gasteiger partial charge in [-0.2, -0.15) is 5.26 Å². The van der Waals surface area contributed by atoms with E-state index in [1.807, 2.05) is 12.1 Å². The van der Waals surface area contributed by atoms with E-state index >= 15 is 0 Å². The van der Waals surface area contributed by atoms with Crippen molar-refractivity contribution < 1.29 is 0 Å². The number of aromatic amines is 1. The zero-order valence-corrected chi connectivity index (χ0v) is 13.5. The quantitative estimate of drug-likeness (QED) is 0.702. The summed E-state index contributed by atoms with van der Waals surface area (Å²) in [5.41, 5.74) is 4.39. The van der Waals surface area contributed by atoms with Crippen LogP contribution >= 0.6 is 35.4 Å². The summed E-state index contributed by atoms with van der Waals surface area (Å²) in [4.78, 5) is 3.21. The van der Waals surface area contributed by atoms with Gasteiger partial charge in [0.25, 0.3) is 0 Å². The molecule has 1 aromatic carbocycles. The van der Waals surface area contributed by atoms with Crippen LogP contribution in [0.2, 0.25) is 10.0 Å². The Bertz CT molecular complexity index is 818. The Balaban J connectivity index is 2.41. The molecule has 0 saturated heterocycles. The molecule has 2 nitrogen and oxygen atoms in total. The van der Waals surface area contributed by atoms with Crippen molar-refractivity contribution in [2.24, 2.45) is 0 Å². The standard InChI is InChI=1S/C16H12Cl2N2S/c17-12-6-3-5-10(15(12)18)14-9-4-1-2-7-13(9)20-16(21)11(14)8-19/h3,5-6H,1-2,4,7H2,(H,20,21). The van der Waals surface area contributed by atoms with Gasteiger partial charge in [-0.25, -0.2) is 0 Å². The second-order valence-electron chi connectivity index (χ2n) is 5.08. The summed E-state index contributed by atoms with van der Waals surface area (Å²) < 4.78 is 0.476. The highest BCUT2D eigenvalue weighted by atomic mass is 35.5. The molecule has 1 aromatic heterocycles. The molecule has 1 heterocycles. The number of nitrogens with zero attached hydrogens (tertiary/aromatic N) is 1. The van der Waals surface area contributed by atoms with E-state index < -0.39 is 0 Å². The highest BCUT2D eigenvalue weighted by Gasteiger charge is 2.21. The predicted molar refractivity (Wildman–Crippen MR) is 88.4 cm³/mol. The minimum atomic E-state index is 0.476. The summed E-state index contributed by atoms with van der Waals surface area (Å²) in [6.45, 7) is 0. The lowest BCUT2D eigenvalue weighted by Crippen LogP contribution is -2.09. The van der Waals surface area contributed by atoms with Gasteiger partial charge in [0.2, 0.25) is 0 Å². The van der Waals surface area contributed by atoms with Gasteiger partial charge in [0.05, 0.1) is 15.6 Å². The molecule has 0 radical (unpaired) electrons. The van der Waals surface area contributed by atoms with Crippen LogP contribution in [-0.2, 0) is 12.8 Å². The first kappa shape index (κ1) is 14.6. The molecular formula is C16H12Cl2N2S. The number of halogens is 2. The lowest BCUT2D eigenvalue weighted by molar-refractivity contribution is 0.668. The maximum atomic E-state index is 9.51. The molecule has 0 saturated carbocycles. The van der Waals surface area contributed by atoms with Crippen LogP contribution < -0.4 is 0 Å². The van der Waals surface area contributed by atoms with Gasteiger partial charge in [-0.3, -0.25) is 0 Å². The minimum Gasteiger partial charge on any atom is -0.349 e. The molecule has 21 heavy (non-hydrogen) atoms. The number of hydrogen-bond acceptors (Lipinski definition) is 2. The SMILES string of the molecule is N#Cc1c(-c2cccc(Cl)c2Cl)c2c([nH]c1=S)CCCC2. The molecule has 0 fully saturated rings. The van der Waals surface area contributed by atoms with Crippen molar-refractivity contribution in [1.29, 1.82) is 5.26 Å². The first-order valence-corrected chi connectivity index (χ1v) is 7.92. The Morgan fingerprint density at radius 1 is 1.19 bits per heavy atom. The lowest BCUT2D eigenvalue weighted by atomic mass is 9.87. The number of aromatic nitrogens is 1. The van der Waals surface area contributed by atoms with E-state index in [0.717, 1.165) is 48.1 Å². The number of H-pyrrole nitrogens is 1. The molecule has 0 aliphatic heterocycles. The molecule has 0 atom stereocenters. The molecule has 5 heteroatoms. The molecule has 0 spiro atoms. The van der Waals surface area contributed by atoms with Crippen molar-refractivity contribution in [3.8, 4) is 17.2 Å². The Kier molecular flexibility index (Phi) is 4.03. The smallest absolute Gasteiger partial charge is 0.122 e. The second kappa shape index (κ2) is 5.81. The van der Waals surface area contributed by atoms with Crippen molar-refractivity contribution in [2.45, 2.75) is 25.7 Å². The highest BCUT2D eigenvalue weighted by molar-refractivity contribution is 7.71. The lowest BCUT2D eigenvalue weighted by Gasteiger charge is -2.21. The van der Waals surface area contributed by atoms with Crippen LogP contribution in [0.3, 0.4) is 0 Å². The van der Waals surface area contributed by atoms with Gasteiger partial charge in [0.15, 0.2) is 0 Å². The van der Waals surface area contributed by atoms with Gasteiger partial charge in [0, 0.05) is 16.8 Å². The number of benzene rings is 1. The van der Waals surface area contributed by atoms with Crippen molar-refractivity contribution in [1.82, 2.24) is 4.98 Å². The number of aryl methyl sites for hydroxylation is 1. The van der Waals surface area contributed by atoms with Crippen molar-refractivity contribution >= 4 is 35.4 Å². The zero-order valence-electron chi connectivity index (χ0n) is 11.2. The molecule has 1 aliphatic carbocycles. The van der Waals surface area contributed by atoms with Crippen LogP contribution in [0.25, 0.3) is 11.1 Å². The van der Waals surface area contributed by atoms with E-state index in [1.54, 1.807) is 6.07 Å². The van der Waals surface area contributed by atoms with Crippen molar-refractivity contribution in [3.05, 3.63) is 49.7 Å². The number of nitrogens with one attached hydrogen (secondary N) is 1. The Morgan fingerprint density at radius 3 is 2.71 bits per heavy atom. The third-order valence-corrected chi connectivity index (χ3v) is 4.97. The summed E-state index contributed by atoms with van der Waals surface area (Å²) >= 11 is 17.8. The summed E-state index contributed by atoms with van der Waals surface area (Å²) in [6, 6.07) is 7.71. The molecule has 1 aliphatic rings. The average Bonchev–Trinajstić information content (AvgIpc) is 2.49. The Hall–Kier alpha value is -1.34. The number of fused-ring (bicyclic) bond motifs is 1. The molecule has 2 aromatic rings. The second-order valence-corrected chi connectivity index (χ2v) is 6.27. The maximum absolute atomic E-state index is 9.51. The van der Waals surface area contributed by atoms with E-state index in [1.165, 1.54) is 0 Å². The van der Waals surface area contributed by atoms with Gasteiger partial charge in [-0.15, -0.1) is 0 Å². The van der Waals surface area contributed by atoms with Crippen LogP contribution in [0.15, 0.2) is 18.2 Å². The van der Waals surface area contributed by atoms with Crippen LogP contribution in [0.1, 0.15) is 29.7 Å². The predicted octanol–water partition coefficient (Wildman–Crippen LogP) is 5.47. The third kappa shape index (κ3) is 2.48. The van der Waals surface area contributed by atoms with E-state index in [0.29, 0.717) is 20.2 Å². The van der Waals surface area contributed by atoms with Crippen LogP contribution in [0.4, 0.5) is 0 Å². The number of nitriles is 1. The van der Waals surface area contributed by atoms with Crippen molar-refractivity contribution in [2.75, 3.05) is 0 Å². The molecule has 3 rings (SSSR count). The topological polar surface area (TPSA) is 39.6 Å². The maximum Gasteiger partial charge on any atom is 0.122 e. The molecule has 0 unspecified atom stereocenters. The minimum absolute atomic E-state index is 0.476. The zero-order chi connectivity index (χ0) is 15.0. The average molecular weight is 335 g/mol. The largest absolute Gasteiger partial charge is 0.349 e. The Morgan fingerprint density at radius 2 is 1.95 bits per heavy atom. The number of rotatable bonds is 1. The molecule has 0 amide bonds. The fourth-order valence-corrected chi connectivity index (χ4v) is 3.55. The summed E-state index contributed by atoms with van der Waals surface area (Å²) in [5, 5.41) is 10.5. The Labute approximate surface area is 138 Å². The van der Waals surface area contributed by atoms with E-state index in [9.17, 15) is 5.26 Å². The van der Waals surface area contributed by atoms with Crippen molar-refractivity contribution in [3.63, 3.8) is 0 Å². The normalized spacial score (nSPS) is 13.6. The monoisotopic (exact) mass is 334 g/mol. The van der Waals surface area contributed by atoms with Gasteiger partial charge >= 0.3 is 0 Å². The highest BCUT2D eigenvalue weighted by Crippen LogP contribution is 2.39. The third-order valence-electron chi connectivity index (χ3n) is 3.84. The first-order chi connectivity index (χ1) is 10.1. The fraction of sp³-hybridized carbons (Fsp3) is 0.250. The van der Waals surface area contributed by atoms with Gasteiger partial charge in [-0.1, -0.05) is 47.6 Å². The summed E-state index contributed by atoms with van der Waals surface area (Å²) in [7, 11) is 0. The van der Waals surface area contributed by atoms with Crippen LogP contribution in [0, 0.1) is 16.0 Å². The molecule has 1 N–H and O–H groups in total. The van der Waals surface area contributed by atoms with Crippen LogP contribution in [0.5, 0.6) is 0 Å². The molecular weight excluding hydrogens is 323 g/mol. The molecule has 106 valence electrons. The van der Waals surface area contributed by atoms with Gasteiger partial charge < -0.3 is 4.98 Å². The number of hydrogen-bond donors (Lipinski definition) is 1. The van der Waals surface area contributed by atoms with E-state index in [2.05, 4.69) is 11.1 Å². The molecule has 0 bridgehead atoms. The van der Waals surface area contributed by atoms with E-state index in [-0.39, 0.29) is 0 Å². The van der Waals surface area contributed by atoms with Crippen LogP contribution in [-0.4, -0.2) is 4.98 Å². The van der Waals surface area contributed by atoms with Gasteiger partial charge in [-0.05, 0) is 37.3 Å². The van der Waals surface area contributed by atoms with Gasteiger partial charge in [0.1, 0.15) is 10.7 Å². The first-order valence-electron chi connectivity index (χ1n) is 6.76.